The molecule has 0 aliphatic rings. The van der Waals surface area contributed by atoms with Gasteiger partial charge in [-0.15, -0.1) is 0 Å². The van der Waals surface area contributed by atoms with Crippen molar-refractivity contribution in [3.8, 4) is 11.5 Å². The second-order valence-electron chi connectivity index (χ2n) is 4.75. The number of aliphatic hydroxyl groups is 1. The predicted molar refractivity (Wildman–Crippen MR) is 76.9 cm³/mol. The zero-order valence-corrected chi connectivity index (χ0v) is 12.1. The molecule has 0 saturated carbocycles. The number of ether oxygens (including phenoxy) is 2. The van der Waals surface area contributed by atoms with Gasteiger partial charge in [-0.2, -0.15) is 0 Å². The Kier molecular flexibility index (Phi) is 7.30. The largest absolute Gasteiger partial charge is 0.494 e. The topological polar surface area (TPSA) is 50.7 Å². The average molecular weight is 267 g/mol. The summed E-state index contributed by atoms with van der Waals surface area (Å²) in [6.07, 6.45) is 0.771. The molecule has 0 spiro atoms. The summed E-state index contributed by atoms with van der Waals surface area (Å²) in [6.45, 7) is 7.43. The molecule has 0 aliphatic carbocycles. The van der Waals surface area contributed by atoms with Crippen LogP contribution in [0, 0.1) is 0 Å². The van der Waals surface area contributed by atoms with Crippen LogP contribution in [-0.4, -0.2) is 37.0 Å². The molecule has 1 rings (SSSR count). The Bertz CT molecular complexity index is 355. The maximum atomic E-state index is 9.25. The normalized spacial score (nSPS) is 12.5. The summed E-state index contributed by atoms with van der Waals surface area (Å²) >= 11 is 0. The molecule has 4 nitrogen and oxygen atoms in total. The first-order valence-corrected chi connectivity index (χ1v) is 6.88. The van der Waals surface area contributed by atoms with Crippen LogP contribution >= 0.6 is 0 Å². The van der Waals surface area contributed by atoms with E-state index in [0.717, 1.165) is 17.9 Å². The fourth-order valence-corrected chi connectivity index (χ4v) is 1.84. The molecular weight excluding hydrogens is 242 g/mol. The van der Waals surface area contributed by atoms with Crippen molar-refractivity contribution in [2.24, 2.45) is 0 Å². The minimum Gasteiger partial charge on any atom is -0.494 e. The first kappa shape index (κ1) is 15.8. The molecule has 2 N–H and O–H groups in total. The molecule has 0 aliphatic heterocycles. The summed E-state index contributed by atoms with van der Waals surface area (Å²) in [7, 11) is 0. The fraction of sp³-hybridized carbons (Fsp3) is 0.600. The molecule has 0 heterocycles. The van der Waals surface area contributed by atoms with Gasteiger partial charge in [0.15, 0.2) is 0 Å². The maximum absolute atomic E-state index is 9.25. The molecule has 1 aromatic rings. The Balaban J connectivity index is 2.37. The number of nitrogens with one attached hydrogen (secondary N) is 1. The van der Waals surface area contributed by atoms with E-state index in [-0.39, 0.29) is 12.6 Å². The van der Waals surface area contributed by atoms with E-state index in [1.165, 1.54) is 0 Å². The Hall–Kier alpha value is -1.26. The minimum atomic E-state index is 0.0788. The summed E-state index contributed by atoms with van der Waals surface area (Å²) < 4.78 is 11.1. The highest BCUT2D eigenvalue weighted by Crippen LogP contribution is 2.19. The van der Waals surface area contributed by atoms with E-state index in [0.29, 0.717) is 19.3 Å². The first-order valence-electron chi connectivity index (χ1n) is 6.88. The molecule has 108 valence electrons. The van der Waals surface area contributed by atoms with Gasteiger partial charge < -0.3 is 19.9 Å². The first-order chi connectivity index (χ1) is 9.15. The van der Waals surface area contributed by atoms with E-state index >= 15 is 0 Å². The fourth-order valence-electron chi connectivity index (χ4n) is 1.84. The van der Waals surface area contributed by atoms with Crippen LogP contribution in [0.5, 0.6) is 11.5 Å². The minimum absolute atomic E-state index is 0.0788. The van der Waals surface area contributed by atoms with Crippen LogP contribution in [0.4, 0.5) is 0 Å². The zero-order valence-electron chi connectivity index (χ0n) is 12.1. The van der Waals surface area contributed by atoms with Gasteiger partial charge >= 0.3 is 0 Å². The molecule has 19 heavy (non-hydrogen) atoms. The van der Waals surface area contributed by atoms with E-state index in [9.17, 15) is 5.11 Å². The van der Waals surface area contributed by atoms with Gasteiger partial charge in [0, 0.05) is 18.2 Å². The van der Waals surface area contributed by atoms with Crippen LogP contribution in [0.15, 0.2) is 24.3 Å². The molecule has 0 amide bonds. The quantitative estimate of drug-likeness (QED) is 0.720. The molecular formula is C15H25NO3. The van der Waals surface area contributed by atoms with E-state index in [4.69, 9.17) is 9.47 Å². The summed E-state index contributed by atoms with van der Waals surface area (Å²) in [5.74, 6) is 1.62. The molecule has 1 unspecified atom stereocenters. The number of rotatable bonds is 9. The molecule has 1 aromatic carbocycles. The van der Waals surface area contributed by atoms with Gasteiger partial charge in [0.25, 0.3) is 0 Å². The lowest BCUT2D eigenvalue weighted by molar-refractivity contribution is 0.202. The van der Waals surface area contributed by atoms with Crippen LogP contribution in [0.3, 0.4) is 0 Å². The Labute approximate surface area is 115 Å². The van der Waals surface area contributed by atoms with Gasteiger partial charge in [-0.05, 0) is 25.5 Å². The molecule has 0 radical (unpaired) electrons. The lowest BCUT2D eigenvalue weighted by atomic mass is 10.2. The van der Waals surface area contributed by atoms with Gasteiger partial charge in [0.2, 0.25) is 0 Å². The van der Waals surface area contributed by atoms with Gasteiger partial charge in [0.1, 0.15) is 11.5 Å². The summed E-state index contributed by atoms with van der Waals surface area (Å²) in [6, 6.07) is 8.05. The van der Waals surface area contributed by atoms with Gasteiger partial charge in [-0.3, -0.25) is 0 Å². The van der Waals surface area contributed by atoms with Crippen molar-refractivity contribution in [1.29, 1.82) is 0 Å². The molecule has 0 bridgehead atoms. The lowest BCUT2D eigenvalue weighted by Gasteiger charge is -2.19. The molecule has 0 aromatic heterocycles. The van der Waals surface area contributed by atoms with Gasteiger partial charge in [0.05, 0.1) is 19.8 Å². The SMILES string of the molecule is CCOc1cccc(OCCC(CO)NC(C)C)c1. The Morgan fingerprint density at radius 3 is 2.47 bits per heavy atom. The standard InChI is InChI=1S/C15H25NO3/c1-4-18-14-6-5-7-15(10-14)19-9-8-13(11-17)16-12(2)3/h5-7,10,12-13,16-17H,4,8-9,11H2,1-3H3. The highest BCUT2D eigenvalue weighted by molar-refractivity contribution is 5.32. The highest BCUT2D eigenvalue weighted by Gasteiger charge is 2.08. The third-order valence-electron chi connectivity index (χ3n) is 2.64. The smallest absolute Gasteiger partial charge is 0.122 e. The van der Waals surface area contributed by atoms with Crippen LogP contribution in [0.2, 0.25) is 0 Å². The number of hydrogen-bond acceptors (Lipinski definition) is 4. The second kappa shape index (κ2) is 8.77. The van der Waals surface area contributed by atoms with Crippen molar-refractivity contribution in [3.63, 3.8) is 0 Å². The van der Waals surface area contributed by atoms with Crippen molar-refractivity contribution in [3.05, 3.63) is 24.3 Å². The number of aliphatic hydroxyl groups excluding tert-OH is 1. The van der Waals surface area contributed by atoms with Gasteiger partial charge in [-0.25, -0.2) is 0 Å². The molecule has 1 atom stereocenters. The van der Waals surface area contributed by atoms with Crippen molar-refractivity contribution >= 4 is 0 Å². The van der Waals surface area contributed by atoms with Crippen molar-refractivity contribution < 1.29 is 14.6 Å². The van der Waals surface area contributed by atoms with Crippen LogP contribution in [0.1, 0.15) is 27.2 Å². The summed E-state index contributed by atoms with van der Waals surface area (Å²) in [5.41, 5.74) is 0. The summed E-state index contributed by atoms with van der Waals surface area (Å²) in [5, 5.41) is 12.5. The van der Waals surface area contributed by atoms with E-state index < -0.39 is 0 Å². The molecule has 4 heteroatoms. The van der Waals surface area contributed by atoms with Crippen molar-refractivity contribution in [2.45, 2.75) is 39.3 Å². The van der Waals surface area contributed by atoms with Crippen molar-refractivity contribution in [2.75, 3.05) is 19.8 Å². The zero-order chi connectivity index (χ0) is 14.1. The lowest BCUT2D eigenvalue weighted by Crippen LogP contribution is -2.38. The van der Waals surface area contributed by atoms with Gasteiger partial charge in [-0.1, -0.05) is 19.9 Å². The van der Waals surface area contributed by atoms with E-state index in [2.05, 4.69) is 19.2 Å². The van der Waals surface area contributed by atoms with Crippen molar-refractivity contribution in [1.82, 2.24) is 5.32 Å². The average Bonchev–Trinajstić information content (AvgIpc) is 2.38. The van der Waals surface area contributed by atoms with E-state index in [1.807, 2.05) is 31.2 Å². The monoisotopic (exact) mass is 267 g/mol. The van der Waals surface area contributed by atoms with Crippen LogP contribution in [-0.2, 0) is 0 Å². The Morgan fingerprint density at radius 1 is 1.21 bits per heavy atom. The third kappa shape index (κ3) is 6.45. The highest BCUT2D eigenvalue weighted by atomic mass is 16.5. The van der Waals surface area contributed by atoms with E-state index in [1.54, 1.807) is 0 Å². The number of benzene rings is 1. The summed E-state index contributed by atoms with van der Waals surface area (Å²) in [4.78, 5) is 0. The van der Waals surface area contributed by atoms with Crippen LogP contribution < -0.4 is 14.8 Å². The maximum Gasteiger partial charge on any atom is 0.122 e. The third-order valence-corrected chi connectivity index (χ3v) is 2.64. The number of hydrogen-bond donors (Lipinski definition) is 2. The van der Waals surface area contributed by atoms with Crippen LogP contribution in [0.25, 0.3) is 0 Å². The molecule has 0 saturated heterocycles. The molecule has 0 fully saturated rings. The predicted octanol–water partition coefficient (Wildman–Crippen LogP) is 2.21. The Morgan fingerprint density at radius 2 is 1.89 bits per heavy atom. The second-order valence-corrected chi connectivity index (χ2v) is 4.75.